The Kier molecular flexibility index (Phi) is 6.80. The summed E-state index contributed by atoms with van der Waals surface area (Å²) in [5.41, 5.74) is 0. The fourth-order valence-electron chi connectivity index (χ4n) is 2.82. The minimum absolute atomic E-state index is 0.0562. The van der Waals surface area contributed by atoms with Crippen LogP contribution in [0, 0.1) is 0 Å². The molecule has 19 heavy (non-hydrogen) atoms. The molecular formula is C15H31N3O. The molecule has 1 fully saturated rings. The molecular weight excluding hydrogens is 238 g/mol. The first-order valence-corrected chi connectivity index (χ1v) is 7.71. The molecule has 0 aromatic heterocycles. The number of nitrogens with zero attached hydrogens (tertiary/aromatic N) is 2. The molecule has 4 heteroatoms. The first kappa shape index (κ1) is 16.4. The first-order chi connectivity index (χ1) is 8.93. The molecule has 112 valence electrons. The highest BCUT2D eigenvalue weighted by molar-refractivity contribution is 5.81. The van der Waals surface area contributed by atoms with Gasteiger partial charge in [0.15, 0.2) is 0 Å². The number of likely N-dealkylation sites (tertiary alicyclic amines) is 1. The third-order valence-corrected chi connectivity index (χ3v) is 3.94. The Hall–Kier alpha value is -0.610. The third-order valence-electron chi connectivity index (χ3n) is 3.94. The van der Waals surface area contributed by atoms with Crippen molar-refractivity contribution in [1.82, 2.24) is 15.1 Å². The number of carbonyl (C=O) groups is 1. The third kappa shape index (κ3) is 5.11. The van der Waals surface area contributed by atoms with E-state index in [2.05, 4.69) is 37.9 Å². The highest BCUT2D eigenvalue weighted by Crippen LogP contribution is 2.09. The zero-order valence-corrected chi connectivity index (χ0v) is 13.3. The number of rotatable bonds is 7. The summed E-state index contributed by atoms with van der Waals surface area (Å²) in [5, 5.41) is 3.37. The average Bonchev–Trinajstić information content (AvgIpc) is 2.85. The Morgan fingerprint density at radius 1 is 1.11 bits per heavy atom. The molecule has 1 atom stereocenters. The molecule has 0 radical (unpaired) electrons. The molecule has 1 N–H and O–H groups in total. The van der Waals surface area contributed by atoms with E-state index in [0.717, 1.165) is 39.0 Å². The van der Waals surface area contributed by atoms with E-state index < -0.39 is 0 Å². The highest BCUT2D eigenvalue weighted by Gasteiger charge is 2.23. The minimum Gasteiger partial charge on any atom is -0.341 e. The van der Waals surface area contributed by atoms with Gasteiger partial charge in [0.05, 0.1) is 6.04 Å². The van der Waals surface area contributed by atoms with Crippen molar-refractivity contribution < 1.29 is 4.79 Å². The topological polar surface area (TPSA) is 35.6 Å². The van der Waals surface area contributed by atoms with Gasteiger partial charge in [-0.05, 0) is 47.5 Å². The summed E-state index contributed by atoms with van der Waals surface area (Å²) in [6.45, 7) is 14.6. The van der Waals surface area contributed by atoms with E-state index in [4.69, 9.17) is 0 Å². The van der Waals surface area contributed by atoms with E-state index in [0.29, 0.717) is 12.1 Å². The average molecular weight is 269 g/mol. The van der Waals surface area contributed by atoms with E-state index in [-0.39, 0.29) is 11.9 Å². The predicted molar refractivity (Wildman–Crippen MR) is 80.3 cm³/mol. The van der Waals surface area contributed by atoms with Gasteiger partial charge in [-0.3, -0.25) is 9.69 Å². The molecule has 0 aliphatic carbocycles. The Bertz CT molecular complexity index is 265. The van der Waals surface area contributed by atoms with Crippen molar-refractivity contribution in [1.29, 1.82) is 0 Å². The fraction of sp³-hybridized carbons (Fsp3) is 0.933. The molecule has 1 saturated heterocycles. The van der Waals surface area contributed by atoms with Gasteiger partial charge in [-0.2, -0.15) is 0 Å². The molecule has 0 spiro atoms. The van der Waals surface area contributed by atoms with Crippen LogP contribution in [-0.2, 0) is 4.79 Å². The van der Waals surface area contributed by atoms with Gasteiger partial charge in [0, 0.05) is 38.3 Å². The van der Waals surface area contributed by atoms with Gasteiger partial charge in [0.25, 0.3) is 0 Å². The number of hydrogen-bond donors (Lipinski definition) is 1. The predicted octanol–water partition coefficient (Wildman–Crippen LogP) is 1.71. The van der Waals surface area contributed by atoms with Crippen molar-refractivity contribution in [3.8, 4) is 0 Å². The summed E-state index contributed by atoms with van der Waals surface area (Å²) < 4.78 is 0. The molecule has 1 unspecified atom stereocenters. The van der Waals surface area contributed by atoms with Gasteiger partial charge in [-0.15, -0.1) is 0 Å². The maximum atomic E-state index is 12.1. The zero-order chi connectivity index (χ0) is 14.4. The molecule has 1 aliphatic heterocycles. The molecule has 0 saturated carbocycles. The second-order valence-electron chi connectivity index (χ2n) is 6.13. The Morgan fingerprint density at radius 2 is 1.63 bits per heavy atom. The quantitative estimate of drug-likeness (QED) is 0.764. The van der Waals surface area contributed by atoms with Crippen LogP contribution < -0.4 is 5.32 Å². The lowest BCUT2D eigenvalue weighted by molar-refractivity contribution is -0.131. The van der Waals surface area contributed by atoms with E-state index in [9.17, 15) is 4.79 Å². The number of amides is 1. The van der Waals surface area contributed by atoms with Gasteiger partial charge >= 0.3 is 0 Å². The van der Waals surface area contributed by atoms with Gasteiger partial charge in [-0.1, -0.05) is 0 Å². The van der Waals surface area contributed by atoms with Crippen LogP contribution in [0.3, 0.4) is 0 Å². The van der Waals surface area contributed by atoms with Crippen molar-refractivity contribution in [3.05, 3.63) is 0 Å². The Morgan fingerprint density at radius 3 is 2.11 bits per heavy atom. The highest BCUT2D eigenvalue weighted by atomic mass is 16.2. The van der Waals surface area contributed by atoms with E-state index >= 15 is 0 Å². The van der Waals surface area contributed by atoms with Gasteiger partial charge < -0.3 is 10.2 Å². The number of carbonyl (C=O) groups excluding carboxylic acids is 1. The maximum absolute atomic E-state index is 12.1. The molecule has 1 amide bonds. The van der Waals surface area contributed by atoms with Gasteiger partial charge in [0.2, 0.25) is 5.91 Å². The summed E-state index contributed by atoms with van der Waals surface area (Å²) in [5.74, 6) is 0.262. The Labute approximate surface area is 118 Å². The summed E-state index contributed by atoms with van der Waals surface area (Å²) >= 11 is 0. The van der Waals surface area contributed by atoms with Crippen LogP contribution in [0.2, 0.25) is 0 Å². The summed E-state index contributed by atoms with van der Waals surface area (Å²) in [6, 6.07) is 1.04. The second-order valence-corrected chi connectivity index (χ2v) is 6.13. The molecule has 0 aromatic carbocycles. The lowest BCUT2D eigenvalue weighted by Gasteiger charge is -2.31. The van der Waals surface area contributed by atoms with E-state index in [1.165, 1.54) is 0 Å². The first-order valence-electron chi connectivity index (χ1n) is 7.71. The second kappa shape index (κ2) is 7.85. The van der Waals surface area contributed by atoms with Gasteiger partial charge in [-0.25, -0.2) is 0 Å². The molecule has 0 aromatic rings. The largest absolute Gasteiger partial charge is 0.341 e. The molecule has 1 rings (SSSR count). The van der Waals surface area contributed by atoms with E-state index in [1.807, 2.05) is 11.8 Å². The van der Waals surface area contributed by atoms with Crippen LogP contribution in [0.4, 0.5) is 0 Å². The minimum atomic E-state index is -0.0562. The Balaban J connectivity index is 2.29. The SMILES string of the molecule is CC(NCCN(C(C)C)C(C)C)C(=O)N1CCCC1. The maximum Gasteiger partial charge on any atom is 0.239 e. The summed E-state index contributed by atoms with van der Waals surface area (Å²) in [6.07, 6.45) is 2.32. The van der Waals surface area contributed by atoms with Crippen LogP contribution in [0.15, 0.2) is 0 Å². The normalized spacial score (nSPS) is 17.8. The molecule has 1 aliphatic rings. The van der Waals surface area contributed by atoms with Crippen molar-refractivity contribution in [2.45, 2.75) is 65.6 Å². The van der Waals surface area contributed by atoms with Crippen molar-refractivity contribution in [2.24, 2.45) is 0 Å². The lowest BCUT2D eigenvalue weighted by Crippen LogP contribution is -2.47. The van der Waals surface area contributed by atoms with Gasteiger partial charge in [0.1, 0.15) is 0 Å². The van der Waals surface area contributed by atoms with Crippen molar-refractivity contribution >= 4 is 5.91 Å². The zero-order valence-electron chi connectivity index (χ0n) is 13.3. The standard InChI is InChI=1S/C15H31N3O/c1-12(2)18(13(3)4)11-8-16-14(5)15(19)17-9-6-7-10-17/h12-14,16H,6-11H2,1-5H3. The fourth-order valence-corrected chi connectivity index (χ4v) is 2.82. The van der Waals surface area contributed by atoms with Crippen LogP contribution >= 0.6 is 0 Å². The van der Waals surface area contributed by atoms with E-state index in [1.54, 1.807) is 0 Å². The monoisotopic (exact) mass is 269 g/mol. The number of hydrogen-bond acceptors (Lipinski definition) is 3. The van der Waals surface area contributed by atoms with Crippen molar-refractivity contribution in [3.63, 3.8) is 0 Å². The summed E-state index contributed by atoms with van der Waals surface area (Å²) in [7, 11) is 0. The smallest absolute Gasteiger partial charge is 0.239 e. The lowest BCUT2D eigenvalue weighted by atomic mass is 10.2. The van der Waals surface area contributed by atoms with Crippen LogP contribution in [0.5, 0.6) is 0 Å². The molecule has 4 nitrogen and oxygen atoms in total. The van der Waals surface area contributed by atoms with Crippen LogP contribution in [0.1, 0.15) is 47.5 Å². The summed E-state index contributed by atoms with van der Waals surface area (Å²) in [4.78, 5) is 16.6. The molecule has 0 bridgehead atoms. The van der Waals surface area contributed by atoms with Crippen molar-refractivity contribution in [2.75, 3.05) is 26.2 Å². The number of nitrogens with one attached hydrogen (secondary N) is 1. The molecule has 1 heterocycles. The van der Waals surface area contributed by atoms with Crippen LogP contribution in [-0.4, -0.2) is 60.0 Å². The van der Waals surface area contributed by atoms with Crippen LogP contribution in [0.25, 0.3) is 0 Å².